The SMILES string of the molecule is CC(C)(C)OC(=O)NCCNC(=O)c1ccc(C#N)nc1. The summed E-state index contributed by atoms with van der Waals surface area (Å²) in [4.78, 5) is 26.9. The Labute approximate surface area is 123 Å². The van der Waals surface area contributed by atoms with Gasteiger partial charge >= 0.3 is 6.09 Å². The van der Waals surface area contributed by atoms with Crippen LogP contribution in [0, 0.1) is 11.3 Å². The normalized spacial score (nSPS) is 10.4. The van der Waals surface area contributed by atoms with Gasteiger partial charge in [0.25, 0.3) is 5.91 Å². The Hall–Kier alpha value is -2.62. The highest BCUT2D eigenvalue weighted by atomic mass is 16.6. The lowest BCUT2D eigenvalue weighted by Gasteiger charge is -2.19. The molecule has 0 aromatic carbocycles. The summed E-state index contributed by atoms with van der Waals surface area (Å²) < 4.78 is 5.05. The third-order valence-corrected chi connectivity index (χ3v) is 2.22. The van der Waals surface area contributed by atoms with Crippen molar-refractivity contribution < 1.29 is 14.3 Å². The second-order valence-corrected chi connectivity index (χ2v) is 5.23. The summed E-state index contributed by atoms with van der Waals surface area (Å²) in [5, 5.41) is 13.8. The zero-order valence-electron chi connectivity index (χ0n) is 12.3. The van der Waals surface area contributed by atoms with Gasteiger partial charge in [-0.05, 0) is 32.9 Å². The molecule has 1 aromatic rings. The first-order valence-electron chi connectivity index (χ1n) is 6.43. The first-order chi connectivity index (χ1) is 9.81. The number of carbonyl (C=O) groups is 2. The van der Waals surface area contributed by atoms with Crippen LogP contribution in [0.4, 0.5) is 4.79 Å². The standard InChI is InChI=1S/C14H18N4O3/c1-14(2,3)21-13(20)17-7-6-16-12(19)10-4-5-11(8-15)18-9-10/h4-5,9H,6-7H2,1-3H3,(H,16,19)(H,17,20). The maximum atomic E-state index is 11.7. The van der Waals surface area contributed by atoms with Crippen LogP contribution in [0.25, 0.3) is 0 Å². The number of aromatic nitrogens is 1. The Morgan fingerprint density at radius 1 is 1.29 bits per heavy atom. The van der Waals surface area contributed by atoms with Crippen molar-refractivity contribution in [2.45, 2.75) is 26.4 Å². The molecule has 0 saturated carbocycles. The van der Waals surface area contributed by atoms with Crippen molar-refractivity contribution in [2.24, 2.45) is 0 Å². The average Bonchev–Trinajstić information content (AvgIpc) is 2.41. The smallest absolute Gasteiger partial charge is 0.407 e. The molecule has 0 aliphatic heterocycles. The molecule has 0 fully saturated rings. The molecule has 0 bridgehead atoms. The quantitative estimate of drug-likeness (QED) is 0.811. The van der Waals surface area contributed by atoms with Gasteiger partial charge in [0, 0.05) is 19.3 Å². The van der Waals surface area contributed by atoms with Gasteiger partial charge in [0.2, 0.25) is 0 Å². The van der Waals surface area contributed by atoms with Gasteiger partial charge in [0.05, 0.1) is 5.56 Å². The van der Waals surface area contributed by atoms with E-state index in [-0.39, 0.29) is 24.7 Å². The molecular formula is C14H18N4O3. The fourth-order valence-corrected chi connectivity index (χ4v) is 1.35. The molecule has 1 heterocycles. The van der Waals surface area contributed by atoms with Gasteiger partial charge in [-0.3, -0.25) is 4.79 Å². The van der Waals surface area contributed by atoms with Gasteiger partial charge in [0.15, 0.2) is 0 Å². The third-order valence-electron chi connectivity index (χ3n) is 2.22. The summed E-state index contributed by atoms with van der Waals surface area (Å²) in [5.41, 5.74) is 0.0472. The first-order valence-corrected chi connectivity index (χ1v) is 6.43. The molecule has 7 heteroatoms. The van der Waals surface area contributed by atoms with E-state index < -0.39 is 11.7 Å². The highest BCUT2D eigenvalue weighted by molar-refractivity contribution is 5.93. The van der Waals surface area contributed by atoms with Crippen LogP contribution in [0.3, 0.4) is 0 Å². The highest BCUT2D eigenvalue weighted by Gasteiger charge is 2.15. The number of alkyl carbamates (subject to hydrolysis) is 1. The minimum absolute atomic E-state index is 0.248. The monoisotopic (exact) mass is 290 g/mol. The Bertz CT molecular complexity index is 541. The van der Waals surface area contributed by atoms with E-state index in [1.807, 2.05) is 6.07 Å². The van der Waals surface area contributed by atoms with Gasteiger partial charge in [0.1, 0.15) is 17.4 Å². The molecule has 2 amide bonds. The Balaban J connectivity index is 2.30. The van der Waals surface area contributed by atoms with Crippen molar-refractivity contribution in [2.75, 3.05) is 13.1 Å². The number of hydrogen-bond donors (Lipinski definition) is 2. The van der Waals surface area contributed by atoms with E-state index in [9.17, 15) is 9.59 Å². The summed E-state index contributed by atoms with van der Waals surface area (Å²) >= 11 is 0. The predicted molar refractivity (Wildman–Crippen MR) is 75.5 cm³/mol. The topological polar surface area (TPSA) is 104 Å². The molecule has 112 valence electrons. The fraction of sp³-hybridized carbons (Fsp3) is 0.429. The molecule has 0 unspecified atom stereocenters. The summed E-state index contributed by atoms with van der Waals surface area (Å²) in [6.45, 7) is 5.83. The largest absolute Gasteiger partial charge is 0.444 e. The van der Waals surface area contributed by atoms with Crippen LogP contribution in [0.2, 0.25) is 0 Å². The van der Waals surface area contributed by atoms with Gasteiger partial charge in [-0.15, -0.1) is 0 Å². The maximum absolute atomic E-state index is 11.7. The molecule has 2 N–H and O–H groups in total. The van der Waals surface area contributed by atoms with Crippen LogP contribution in [-0.2, 0) is 4.74 Å². The molecule has 7 nitrogen and oxygen atoms in total. The predicted octanol–water partition coefficient (Wildman–Crippen LogP) is 1.21. The van der Waals surface area contributed by atoms with E-state index in [4.69, 9.17) is 10.00 Å². The highest BCUT2D eigenvalue weighted by Crippen LogP contribution is 2.06. The number of amides is 2. The summed E-state index contributed by atoms with van der Waals surface area (Å²) in [6.07, 6.45) is 0.798. The first kappa shape index (κ1) is 16.4. The minimum Gasteiger partial charge on any atom is -0.444 e. The van der Waals surface area contributed by atoms with Crippen molar-refractivity contribution in [3.8, 4) is 6.07 Å². The number of pyridine rings is 1. The summed E-state index contributed by atoms with van der Waals surface area (Å²) in [5.74, 6) is -0.321. The maximum Gasteiger partial charge on any atom is 0.407 e. The van der Waals surface area contributed by atoms with Crippen LogP contribution in [0.5, 0.6) is 0 Å². The van der Waals surface area contributed by atoms with Gasteiger partial charge < -0.3 is 15.4 Å². The second-order valence-electron chi connectivity index (χ2n) is 5.23. The Kier molecular flexibility index (Phi) is 5.67. The zero-order valence-corrected chi connectivity index (χ0v) is 12.3. The summed E-state index contributed by atoms with van der Waals surface area (Å²) in [7, 11) is 0. The molecule has 0 aliphatic rings. The lowest BCUT2D eigenvalue weighted by Crippen LogP contribution is -2.37. The number of rotatable bonds is 4. The van der Waals surface area contributed by atoms with Crippen molar-refractivity contribution in [3.05, 3.63) is 29.6 Å². The molecule has 0 radical (unpaired) electrons. The molecule has 0 atom stereocenters. The van der Waals surface area contributed by atoms with E-state index in [1.54, 1.807) is 20.8 Å². The Morgan fingerprint density at radius 3 is 2.48 bits per heavy atom. The van der Waals surface area contributed by atoms with E-state index in [1.165, 1.54) is 18.3 Å². The van der Waals surface area contributed by atoms with Crippen LogP contribution < -0.4 is 10.6 Å². The molecule has 0 spiro atoms. The van der Waals surface area contributed by atoms with E-state index in [2.05, 4.69) is 15.6 Å². The molecule has 21 heavy (non-hydrogen) atoms. The van der Waals surface area contributed by atoms with Crippen LogP contribution >= 0.6 is 0 Å². The number of hydrogen-bond acceptors (Lipinski definition) is 5. The molecule has 1 rings (SSSR count). The molecule has 1 aromatic heterocycles. The lowest BCUT2D eigenvalue weighted by molar-refractivity contribution is 0.0526. The van der Waals surface area contributed by atoms with Crippen molar-refractivity contribution in [3.63, 3.8) is 0 Å². The van der Waals surface area contributed by atoms with Crippen molar-refractivity contribution in [1.29, 1.82) is 5.26 Å². The number of nitrogens with zero attached hydrogens (tertiary/aromatic N) is 2. The van der Waals surface area contributed by atoms with Crippen LogP contribution in [-0.4, -0.2) is 35.7 Å². The lowest BCUT2D eigenvalue weighted by atomic mass is 10.2. The van der Waals surface area contributed by atoms with Crippen molar-refractivity contribution >= 4 is 12.0 Å². The second kappa shape index (κ2) is 7.24. The molecule has 0 aliphatic carbocycles. The van der Waals surface area contributed by atoms with Crippen LogP contribution in [0.1, 0.15) is 36.8 Å². The minimum atomic E-state index is -0.554. The van der Waals surface area contributed by atoms with Gasteiger partial charge in [-0.2, -0.15) is 5.26 Å². The van der Waals surface area contributed by atoms with Crippen molar-refractivity contribution in [1.82, 2.24) is 15.6 Å². The van der Waals surface area contributed by atoms with Gasteiger partial charge in [-0.1, -0.05) is 0 Å². The van der Waals surface area contributed by atoms with E-state index in [0.29, 0.717) is 5.56 Å². The third kappa shape index (κ3) is 6.38. The number of carbonyl (C=O) groups excluding carboxylic acids is 2. The Morgan fingerprint density at radius 2 is 1.95 bits per heavy atom. The summed E-state index contributed by atoms with van der Waals surface area (Å²) in [6, 6.07) is 4.85. The fourth-order valence-electron chi connectivity index (χ4n) is 1.35. The zero-order chi connectivity index (χ0) is 15.9. The molecular weight excluding hydrogens is 272 g/mol. The van der Waals surface area contributed by atoms with E-state index in [0.717, 1.165) is 0 Å². The van der Waals surface area contributed by atoms with E-state index >= 15 is 0 Å². The average molecular weight is 290 g/mol. The number of nitriles is 1. The van der Waals surface area contributed by atoms with Gasteiger partial charge in [-0.25, -0.2) is 9.78 Å². The number of ether oxygens (including phenoxy) is 1. The van der Waals surface area contributed by atoms with Crippen LogP contribution in [0.15, 0.2) is 18.3 Å². The number of nitrogens with one attached hydrogen (secondary N) is 2. The molecule has 0 saturated heterocycles.